The molecule has 0 unspecified atom stereocenters. The zero-order valence-corrected chi connectivity index (χ0v) is 14.7. The normalized spacial score (nSPS) is 17.7. The average molecular weight is 347 g/mol. The fourth-order valence-electron chi connectivity index (χ4n) is 2.71. The van der Waals surface area contributed by atoms with E-state index in [4.69, 9.17) is 15.8 Å². The molecule has 4 heteroatoms. The maximum atomic E-state index is 9.20. The minimum atomic E-state index is -1.47. The number of hydrogen-bond acceptors (Lipinski definition) is 2. The van der Waals surface area contributed by atoms with Crippen molar-refractivity contribution < 1.29 is 9.29 Å². The fraction of sp³-hybridized carbons (Fsp3) is 0.158. The third kappa shape index (κ3) is 3.18. The van der Waals surface area contributed by atoms with Gasteiger partial charge in [-0.1, -0.05) is 58.3 Å². The van der Waals surface area contributed by atoms with Crippen LogP contribution in [0.15, 0.2) is 65.6 Å². The summed E-state index contributed by atoms with van der Waals surface area (Å²) in [5.74, 6) is 0.901. The second-order valence-electron chi connectivity index (χ2n) is 5.64. The van der Waals surface area contributed by atoms with Gasteiger partial charge in [-0.25, -0.2) is 0 Å². The summed E-state index contributed by atoms with van der Waals surface area (Å²) in [5.41, 5.74) is 3.32. The third-order valence-electron chi connectivity index (χ3n) is 3.74. The van der Waals surface area contributed by atoms with Crippen molar-refractivity contribution in [3.8, 4) is 5.75 Å². The Hall–Kier alpha value is -1.68. The molecular formula is C19H19ClO2S. The lowest BCUT2D eigenvalue weighted by Crippen LogP contribution is -2.14. The molecule has 0 aromatic heterocycles. The molecule has 0 saturated heterocycles. The maximum Gasteiger partial charge on any atom is 0.143 e. The van der Waals surface area contributed by atoms with Gasteiger partial charge in [0, 0.05) is 33.6 Å². The number of hydrogen-bond donors (Lipinski definition) is 1. The first-order chi connectivity index (χ1) is 11.0. The van der Waals surface area contributed by atoms with Crippen molar-refractivity contribution in [1.82, 2.24) is 0 Å². The summed E-state index contributed by atoms with van der Waals surface area (Å²) in [7, 11) is -1.47. The summed E-state index contributed by atoms with van der Waals surface area (Å²) < 4.78 is 6.27. The van der Waals surface area contributed by atoms with Crippen LogP contribution in [0.4, 0.5) is 0 Å². The van der Waals surface area contributed by atoms with Gasteiger partial charge in [0.25, 0.3) is 0 Å². The first-order valence-electron chi connectivity index (χ1n) is 7.33. The van der Waals surface area contributed by atoms with E-state index >= 15 is 0 Å². The molecule has 0 atom stereocenters. The van der Waals surface area contributed by atoms with Gasteiger partial charge in [0.2, 0.25) is 0 Å². The molecule has 2 aromatic carbocycles. The molecule has 0 bridgehead atoms. The van der Waals surface area contributed by atoms with E-state index in [0.29, 0.717) is 5.02 Å². The van der Waals surface area contributed by atoms with Gasteiger partial charge in [0.15, 0.2) is 0 Å². The number of benzene rings is 2. The van der Waals surface area contributed by atoms with Gasteiger partial charge in [0.1, 0.15) is 5.75 Å². The number of allylic oxidation sites excluding steroid dienone is 1. The molecule has 0 radical (unpaired) electrons. The van der Waals surface area contributed by atoms with E-state index in [-0.39, 0.29) is 6.61 Å². The molecule has 1 heterocycles. The van der Waals surface area contributed by atoms with Crippen LogP contribution in [0.5, 0.6) is 5.75 Å². The Bertz CT molecular complexity index is 776. The molecule has 0 amide bonds. The second-order valence-corrected chi connectivity index (χ2v) is 9.15. The van der Waals surface area contributed by atoms with Crippen LogP contribution in [0, 0.1) is 0 Å². The molecule has 2 nitrogen and oxygen atoms in total. The van der Waals surface area contributed by atoms with Crippen LogP contribution in [0.2, 0.25) is 5.02 Å². The molecule has 1 N–H and O–H groups in total. The van der Waals surface area contributed by atoms with Crippen LogP contribution in [0.3, 0.4) is 0 Å². The zero-order valence-electron chi connectivity index (χ0n) is 13.1. The van der Waals surface area contributed by atoms with Crippen LogP contribution < -0.4 is 4.18 Å². The first kappa shape index (κ1) is 16.2. The number of rotatable bonds is 3. The molecule has 2 aromatic rings. The molecule has 3 rings (SSSR count). The van der Waals surface area contributed by atoms with Crippen molar-refractivity contribution in [3.63, 3.8) is 0 Å². The molecule has 0 aliphatic carbocycles. The van der Waals surface area contributed by atoms with E-state index in [0.717, 1.165) is 27.4 Å². The predicted octanol–water partition coefficient (Wildman–Crippen LogP) is 5.02. The van der Waals surface area contributed by atoms with Crippen molar-refractivity contribution in [2.45, 2.75) is 0 Å². The minimum Gasteiger partial charge on any atom is -0.444 e. The van der Waals surface area contributed by atoms with E-state index < -0.39 is 10.3 Å². The highest BCUT2D eigenvalue weighted by atomic mass is 35.5. The largest absolute Gasteiger partial charge is 0.444 e. The smallest absolute Gasteiger partial charge is 0.143 e. The van der Waals surface area contributed by atoms with Gasteiger partial charge in [-0.3, -0.25) is 0 Å². The van der Waals surface area contributed by atoms with Crippen LogP contribution in [-0.2, 0) is 0 Å². The molecule has 0 saturated carbocycles. The standard InChI is InChI=1S/C19H19ClO2S/c1-23(2)18(8-5-13-21)19(14-9-11-15(20)12-10-14)16-6-3-4-7-17(16)22-23/h3-12,21H,13H2,1-2H3. The molecule has 1 aliphatic rings. The average Bonchev–Trinajstić information content (AvgIpc) is 2.53. The highest BCUT2D eigenvalue weighted by Gasteiger charge is 2.30. The van der Waals surface area contributed by atoms with E-state index in [1.54, 1.807) is 6.08 Å². The Balaban J connectivity index is 2.30. The van der Waals surface area contributed by atoms with Gasteiger partial charge >= 0.3 is 0 Å². The number of aliphatic hydroxyl groups excluding tert-OH is 1. The number of fused-ring (bicyclic) bond motifs is 1. The molecule has 0 spiro atoms. The Morgan fingerprint density at radius 2 is 1.78 bits per heavy atom. The SMILES string of the molecule is CS1(C)Oc2ccccc2C(c2ccc(Cl)cc2)=C1C=CCO. The fourth-order valence-corrected chi connectivity index (χ4v) is 4.67. The summed E-state index contributed by atoms with van der Waals surface area (Å²) >= 11 is 6.04. The van der Waals surface area contributed by atoms with Gasteiger partial charge in [-0.05, 0) is 29.8 Å². The molecule has 0 fully saturated rings. The van der Waals surface area contributed by atoms with E-state index in [9.17, 15) is 5.11 Å². The molecular weight excluding hydrogens is 328 g/mol. The topological polar surface area (TPSA) is 29.5 Å². The van der Waals surface area contributed by atoms with Crippen molar-refractivity contribution >= 4 is 27.5 Å². The lowest BCUT2D eigenvalue weighted by Gasteiger charge is -2.39. The van der Waals surface area contributed by atoms with Crippen LogP contribution >= 0.6 is 21.9 Å². The highest BCUT2D eigenvalue weighted by Crippen LogP contribution is 2.59. The Morgan fingerprint density at radius 3 is 2.48 bits per heavy atom. The van der Waals surface area contributed by atoms with Gasteiger partial charge in [-0.2, -0.15) is 0 Å². The number of para-hydroxylation sites is 1. The highest BCUT2D eigenvalue weighted by molar-refractivity contribution is 8.32. The molecule has 120 valence electrons. The Labute approximate surface area is 143 Å². The quantitative estimate of drug-likeness (QED) is 0.845. The maximum absolute atomic E-state index is 9.20. The van der Waals surface area contributed by atoms with Crippen molar-refractivity contribution in [3.05, 3.63) is 81.7 Å². The second kappa shape index (κ2) is 6.44. The van der Waals surface area contributed by atoms with Crippen molar-refractivity contribution in [1.29, 1.82) is 0 Å². The summed E-state index contributed by atoms with van der Waals surface area (Å²) in [6.07, 6.45) is 7.98. The molecule has 23 heavy (non-hydrogen) atoms. The van der Waals surface area contributed by atoms with Gasteiger partial charge in [-0.15, -0.1) is 0 Å². The monoisotopic (exact) mass is 346 g/mol. The van der Waals surface area contributed by atoms with E-state index in [1.807, 2.05) is 48.5 Å². The van der Waals surface area contributed by atoms with Crippen LogP contribution in [-0.4, -0.2) is 24.2 Å². The summed E-state index contributed by atoms with van der Waals surface area (Å²) in [4.78, 5) is 1.12. The minimum absolute atomic E-state index is 0.00850. The first-order valence-corrected chi connectivity index (χ1v) is 10.1. The number of aliphatic hydroxyl groups is 1. The Kier molecular flexibility index (Phi) is 4.53. The lowest BCUT2D eigenvalue weighted by atomic mass is 9.96. The van der Waals surface area contributed by atoms with Gasteiger partial charge < -0.3 is 9.29 Å². The Morgan fingerprint density at radius 1 is 1.09 bits per heavy atom. The third-order valence-corrected chi connectivity index (χ3v) is 5.99. The number of halogens is 1. The van der Waals surface area contributed by atoms with Crippen molar-refractivity contribution in [2.24, 2.45) is 0 Å². The summed E-state index contributed by atoms with van der Waals surface area (Å²) in [6.45, 7) is 0.00850. The molecule has 1 aliphatic heterocycles. The zero-order chi connectivity index (χ0) is 16.4. The van der Waals surface area contributed by atoms with E-state index in [2.05, 4.69) is 18.6 Å². The van der Waals surface area contributed by atoms with Crippen molar-refractivity contribution in [2.75, 3.05) is 19.1 Å². The summed E-state index contributed by atoms with van der Waals surface area (Å²) in [5, 5.41) is 9.91. The summed E-state index contributed by atoms with van der Waals surface area (Å²) in [6, 6.07) is 15.9. The van der Waals surface area contributed by atoms with Gasteiger partial charge in [0.05, 0.1) is 6.61 Å². The predicted molar refractivity (Wildman–Crippen MR) is 100 cm³/mol. The van der Waals surface area contributed by atoms with E-state index in [1.165, 1.54) is 0 Å². The lowest BCUT2D eigenvalue weighted by molar-refractivity contribution is 0.342. The van der Waals surface area contributed by atoms with Crippen LogP contribution in [0.1, 0.15) is 11.1 Å². The van der Waals surface area contributed by atoms with Crippen LogP contribution in [0.25, 0.3) is 5.57 Å².